The number of carbonyl (C=O) groups excluding carboxylic acids is 3. The van der Waals surface area contributed by atoms with Crippen LogP contribution in [0.2, 0.25) is 0 Å². The average Bonchev–Trinajstić information content (AvgIpc) is 2.45. The molecule has 0 radical (unpaired) electrons. The molecule has 3 N–H and O–H groups in total. The minimum atomic E-state index is -0.00870. The van der Waals surface area contributed by atoms with Crippen molar-refractivity contribution >= 4 is 17.5 Å². The average molecular weight is 315 g/mol. The van der Waals surface area contributed by atoms with Gasteiger partial charge in [0, 0.05) is 32.4 Å². The molecule has 0 heterocycles. The molecule has 0 aromatic carbocycles. The van der Waals surface area contributed by atoms with Crippen LogP contribution in [-0.2, 0) is 14.4 Å². The Labute approximate surface area is 134 Å². The van der Waals surface area contributed by atoms with Crippen LogP contribution in [0.3, 0.4) is 0 Å². The third kappa shape index (κ3) is 23.8. The van der Waals surface area contributed by atoms with Crippen molar-refractivity contribution in [3.63, 3.8) is 0 Å². The molecule has 0 aliphatic heterocycles. The summed E-state index contributed by atoms with van der Waals surface area (Å²) in [7, 11) is 3.74. The maximum Gasteiger partial charge on any atom is 0.221 e. The van der Waals surface area contributed by atoms with Crippen LogP contribution in [0.15, 0.2) is 0 Å². The highest BCUT2D eigenvalue weighted by Gasteiger charge is 1.99. The van der Waals surface area contributed by atoms with Crippen LogP contribution in [0, 0.1) is 0 Å². The molecule has 6 nitrogen and oxygen atoms in total. The number of rotatable bonds is 12. The minimum Gasteiger partial charge on any atom is -0.356 e. The fraction of sp³-hybridized carbons (Fsp3) is 0.812. The van der Waals surface area contributed by atoms with Gasteiger partial charge < -0.3 is 20.7 Å². The second-order valence-electron chi connectivity index (χ2n) is 5.27. The summed E-state index contributed by atoms with van der Waals surface area (Å²) in [6.45, 7) is 5.36. The molecule has 0 bridgehead atoms. The number of ketones is 2. The van der Waals surface area contributed by atoms with Gasteiger partial charge in [-0.15, -0.1) is 0 Å². The highest BCUT2D eigenvalue weighted by molar-refractivity contribution is 5.78. The Hall–Kier alpha value is -1.27. The van der Waals surface area contributed by atoms with Gasteiger partial charge in [-0.1, -0.05) is 6.42 Å². The van der Waals surface area contributed by atoms with Crippen molar-refractivity contribution in [2.24, 2.45) is 0 Å². The highest BCUT2D eigenvalue weighted by Crippen LogP contribution is 1.98. The lowest BCUT2D eigenvalue weighted by Crippen LogP contribution is -2.28. The molecule has 0 aliphatic rings. The molecule has 0 fully saturated rings. The molecule has 0 saturated heterocycles. The van der Waals surface area contributed by atoms with E-state index >= 15 is 0 Å². The van der Waals surface area contributed by atoms with Gasteiger partial charge in [0.2, 0.25) is 5.91 Å². The quantitative estimate of drug-likeness (QED) is 0.469. The van der Waals surface area contributed by atoms with Gasteiger partial charge in [-0.25, -0.2) is 0 Å². The summed E-state index contributed by atoms with van der Waals surface area (Å²) < 4.78 is 0. The number of hydrogen-bond acceptors (Lipinski definition) is 5. The first-order valence-corrected chi connectivity index (χ1v) is 7.98. The lowest BCUT2D eigenvalue weighted by atomic mass is 10.1. The van der Waals surface area contributed by atoms with Gasteiger partial charge in [0.25, 0.3) is 0 Å². The molecule has 0 rings (SSSR count). The standard InChI is InChI=1S/C8H16N2O2.C8H17NO/c1-7(11)3-6-10-8(12)4-5-9-2;1-8(10)6-4-3-5-7-9-2/h9H,3-6H2,1-2H3,(H,10,12);9H,3-7H2,1-2H3. The molecule has 130 valence electrons. The molecule has 0 aliphatic carbocycles. The molecule has 0 spiro atoms. The van der Waals surface area contributed by atoms with E-state index in [1.807, 2.05) is 7.05 Å². The normalized spacial score (nSPS) is 9.64. The molecule has 22 heavy (non-hydrogen) atoms. The van der Waals surface area contributed by atoms with Gasteiger partial charge >= 0.3 is 0 Å². The third-order valence-electron chi connectivity index (χ3n) is 2.86. The molecule has 0 saturated carbocycles. The number of amides is 1. The first-order chi connectivity index (χ1) is 10.4. The van der Waals surface area contributed by atoms with Crippen LogP contribution in [-0.4, -0.2) is 51.2 Å². The van der Waals surface area contributed by atoms with Gasteiger partial charge in [-0.3, -0.25) is 9.59 Å². The Bertz CT molecular complexity index is 307. The summed E-state index contributed by atoms with van der Waals surface area (Å²) in [4.78, 5) is 31.9. The first kappa shape index (κ1) is 23.0. The molecule has 1 amide bonds. The van der Waals surface area contributed by atoms with E-state index in [9.17, 15) is 14.4 Å². The Morgan fingerprint density at radius 1 is 0.682 bits per heavy atom. The van der Waals surface area contributed by atoms with E-state index in [0.717, 1.165) is 19.4 Å². The lowest BCUT2D eigenvalue weighted by molar-refractivity contribution is -0.121. The number of carbonyl (C=O) groups is 3. The largest absolute Gasteiger partial charge is 0.356 e. The first-order valence-electron chi connectivity index (χ1n) is 7.98. The molecular weight excluding hydrogens is 282 g/mol. The summed E-state index contributed by atoms with van der Waals surface area (Å²) in [5, 5.41) is 8.59. The second kappa shape index (κ2) is 17.8. The van der Waals surface area contributed by atoms with Crippen LogP contribution >= 0.6 is 0 Å². The highest BCUT2D eigenvalue weighted by atomic mass is 16.2. The number of hydrogen-bond donors (Lipinski definition) is 3. The van der Waals surface area contributed by atoms with Gasteiger partial charge in [0.15, 0.2) is 0 Å². The summed E-state index contributed by atoms with van der Waals surface area (Å²) in [6, 6.07) is 0. The van der Waals surface area contributed by atoms with Crippen LogP contribution in [0.25, 0.3) is 0 Å². The van der Waals surface area contributed by atoms with E-state index in [0.29, 0.717) is 31.7 Å². The van der Waals surface area contributed by atoms with E-state index in [4.69, 9.17) is 0 Å². The zero-order chi connectivity index (χ0) is 17.2. The number of Topliss-reactive ketones (excluding diaryl/α,β-unsaturated/α-hetero) is 2. The SMILES string of the molecule is CNCCC(=O)NCCC(C)=O.CNCCCCCC(C)=O. The predicted molar refractivity (Wildman–Crippen MR) is 89.9 cm³/mol. The molecule has 0 aromatic rings. The van der Waals surface area contributed by atoms with Crippen LogP contribution in [0.1, 0.15) is 52.4 Å². The fourth-order valence-corrected chi connectivity index (χ4v) is 1.56. The van der Waals surface area contributed by atoms with E-state index in [-0.39, 0.29) is 11.7 Å². The Kier molecular flexibility index (Phi) is 18.6. The van der Waals surface area contributed by atoms with E-state index in [2.05, 4.69) is 16.0 Å². The van der Waals surface area contributed by atoms with Crippen LogP contribution < -0.4 is 16.0 Å². The van der Waals surface area contributed by atoms with Gasteiger partial charge in [-0.05, 0) is 47.3 Å². The summed E-state index contributed by atoms with van der Waals surface area (Å²) in [5.41, 5.74) is 0. The van der Waals surface area contributed by atoms with Crippen molar-refractivity contribution in [2.45, 2.75) is 52.4 Å². The van der Waals surface area contributed by atoms with E-state index < -0.39 is 0 Å². The molecule has 0 unspecified atom stereocenters. The zero-order valence-corrected chi connectivity index (χ0v) is 14.6. The van der Waals surface area contributed by atoms with Crippen molar-refractivity contribution in [3.8, 4) is 0 Å². The smallest absolute Gasteiger partial charge is 0.221 e. The van der Waals surface area contributed by atoms with E-state index in [1.54, 1.807) is 14.0 Å². The maximum atomic E-state index is 10.9. The summed E-state index contributed by atoms with van der Waals surface area (Å²) in [5.74, 6) is 0.402. The Balaban J connectivity index is 0. The molecule has 0 aromatic heterocycles. The monoisotopic (exact) mass is 315 g/mol. The minimum absolute atomic E-state index is 0.00870. The van der Waals surface area contributed by atoms with Crippen molar-refractivity contribution in [1.82, 2.24) is 16.0 Å². The number of unbranched alkanes of at least 4 members (excludes halogenated alkanes) is 2. The molecular formula is C16H33N3O3. The predicted octanol–water partition coefficient (Wildman–Crippen LogP) is 1.05. The zero-order valence-electron chi connectivity index (χ0n) is 14.6. The molecule has 0 atom stereocenters. The van der Waals surface area contributed by atoms with E-state index in [1.165, 1.54) is 19.8 Å². The maximum absolute atomic E-state index is 10.9. The van der Waals surface area contributed by atoms with Crippen LogP contribution in [0.4, 0.5) is 0 Å². The van der Waals surface area contributed by atoms with Crippen molar-refractivity contribution < 1.29 is 14.4 Å². The second-order valence-corrected chi connectivity index (χ2v) is 5.27. The topological polar surface area (TPSA) is 87.3 Å². The van der Waals surface area contributed by atoms with Crippen molar-refractivity contribution in [2.75, 3.05) is 33.7 Å². The van der Waals surface area contributed by atoms with Crippen molar-refractivity contribution in [1.29, 1.82) is 0 Å². The third-order valence-corrected chi connectivity index (χ3v) is 2.86. The summed E-state index contributed by atoms with van der Waals surface area (Å²) >= 11 is 0. The fourth-order valence-electron chi connectivity index (χ4n) is 1.56. The van der Waals surface area contributed by atoms with Crippen LogP contribution in [0.5, 0.6) is 0 Å². The van der Waals surface area contributed by atoms with Crippen molar-refractivity contribution in [3.05, 3.63) is 0 Å². The summed E-state index contributed by atoms with van der Waals surface area (Å²) in [6.07, 6.45) is 5.05. The number of nitrogens with one attached hydrogen (secondary N) is 3. The Morgan fingerprint density at radius 3 is 1.77 bits per heavy atom. The van der Waals surface area contributed by atoms with Gasteiger partial charge in [0.05, 0.1) is 0 Å². The molecule has 6 heteroatoms. The lowest BCUT2D eigenvalue weighted by Gasteiger charge is -2.02. The Morgan fingerprint density at radius 2 is 1.27 bits per heavy atom. The van der Waals surface area contributed by atoms with Gasteiger partial charge in [-0.2, -0.15) is 0 Å². The van der Waals surface area contributed by atoms with Gasteiger partial charge in [0.1, 0.15) is 11.6 Å².